The summed E-state index contributed by atoms with van der Waals surface area (Å²) in [6.07, 6.45) is 0. The van der Waals surface area contributed by atoms with Crippen LogP contribution in [0.2, 0.25) is 0 Å². The first-order valence-corrected chi connectivity index (χ1v) is 7.10. The van der Waals surface area contributed by atoms with Crippen LogP contribution in [0.25, 0.3) is 10.8 Å². The lowest BCUT2D eigenvalue weighted by Crippen LogP contribution is -2.28. The molecule has 0 bridgehead atoms. The highest BCUT2D eigenvalue weighted by atomic mass is 32.2. The van der Waals surface area contributed by atoms with Crippen LogP contribution in [-0.4, -0.2) is 29.7 Å². The molecule has 0 aliphatic rings. The summed E-state index contributed by atoms with van der Waals surface area (Å²) in [6.45, 7) is -0.476. The molecule has 23 heavy (non-hydrogen) atoms. The third kappa shape index (κ3) is 4.76. The van der Waals surface area contributed by atoms with Crippen LogP contribution >= 0.6 is 12.0 Å². The predicted molar refractivity (Wildman–Crippen MR) is 77.7 cm³/mol. The molecule has 0 saturated carbocycles. The number of carbonyl (C=O) groups excluding carboxylic acids is 1. The van der Waals surface area contributed by atoms with Gasteiger partial charge in [-0.3, -0.25) is 0 Å². The molecule has 0 aliphatic carbocycles. The van der Waals surface area contributed by atoms with Crippen molar-refractivity contribution >= 4 is 28.8 Å². The van der Waals surface area contributed by atoms with Crippen molar-refractivity contribution in [2.75, 3.05) is 13.2 Å². The molecule has 1 N–H and O–H groups in total. The van der Waals surface area contributed by atoms with Crippen LogP contribution in [0.5, 0.6) is 5.75 Å². The van der Waals surface area contributed by atoms with E-state index in [1.807, 2.05) is 30.3 Å². The fourth-order valence-electron chi connectivity index (χ4n) is 1.78. The Morgan fingerprint density at radius 1 is 1.13 bits per heavy atom. The van der Waals surface area contributed by atoms with Crippen molar-refractivity contribution in [1.82, 2.24) is 0 Å². The van der Waals surface area contributed by atoms with Crippen LogP contribution in [-0.2, 0) is 18.9 Å². The summed E-state index contributed by atoms with van der Waals surface area (Å²) in [5, 5.41) is 8.60. The summed E-state index contributed by atoms with van der Waals surface area (Å²) in [7, 11) is 0. The van der Waals surface area contributed by atoms with E-state index in [9.17, 15) is 13.6 Å². The Morgan fingerprint density at radius 2 is 1.87 bits per heavy atom. The van der Waals surface area contributed by atoms with Gasteiger partial charge in [0.15, 0.2) is 0 Å². The molecule has 0 spiro atoms. The molecule has 0 radical (unpaired) electrons. The number of ether oxygens (including phenoxy) is 2. The molecule has 0 saturated heterocycles. The van der Waals surface area contributed by atoms with Gasteiger partial charge in [-0.1, -0.05) is 41.4 Å². The number of hydrogen-bond acceptors (Lipinski definition) is 7. The smallest absolute Gasteiger partial charge is 0.415 e. The van der Waals surface area contributed by atoms with E-state index in [0.29, 0.717) is 5.75 Å². The quantitative estimate of drug-likeness (QED) is 0.258. The second kappa shape index (κ2) is 8.06. The van der Waals surface area contributed by atoms with Gasteiger partial charge in [-0.15, -0.1) is 4.33 Å². The summed E-state index contributed by atoms with van der Waals surface area (Å²) in [5.74, 6) is -1.28. The lowest BCUT2D eigenvalue weighted by atomic mass is 10.1. The molecule has 9 heteroatoms. The Balaban J connectivity index is 1.84. The molecule has 2 rings (SSSR count). The third-order valence-corrected chi connectivity index (χ3v) is 3.24. The minimum absolute atomic E-state index is 0.0994. The Kier molecular flexibility index (Phi) is 6.11. The summed E-state index contributed by atoms with van der Waals surface area (Å²) in [4.78, 5) is 11.1. The molecule has 6 nitrogen and oxygen atoms in total. The van der Waals surface area contributed by atoms with Crippen molar-refractivity contribution in [3.8, 4) is 5.75 Å². The summed E-state index contributed by atoms with van der Waals surface area (Å²) in [6, 6.07) is 12.9. The molecule has 2 aromatic carbocycles. The van der Waals surface area contributed by atoms with Crippen molar-refractivity contribution in [2.45, 2.75) is 5.25 Å². The van der Waals surface area contributed by atoms with Crippen LogP contribution in [0.15, 0.2) is 42.5 Å². The van der Waals surface area contributed by atoms with Crippen LogP contribution in [0.1, 0.15) is 0 Å². The van der Waals surface area contributed by atoms with Crippen molar-refractivity contribution < 1.29 is 37.7 Å². The standard InChI is InChI=1S/C14H12F2O6S/c15-14(16,23-22-21-18)13(17)20-9-8-19-12-7-3-5-10-4-1-2-6-11(10)12/h1-7,18H,8-9H2. The topological polar surface area (TPSA) is 74.2 Å². The normalized spacial score (nSPS) is 11.4. The second-order valence-electron chi connectivity index (χ2n) is 4.20. The average molecular weight is 346 g/mol. The largest absolute Gasteiger partial charge is 0.489 e. The number of esters is 1. The van der Waals surface area contributed by atoms with Gasteiger partial charge in [0.2, 0.25) is 0 Å². The van der Waals surface area contributed by atoms with Crippen molar-refractivity contribution in [3.05, 3.63) is 42.5 Å². The van der Waals surface area contributed by atoms with E-state index in [1.54, 1.807) is 12.1 Å². The van der Waals surface area contributed by atoms with Gasteiger partial charge in [0.25, 0.3) is 0 Å². The molecule has 0 amide bonds. The van der Waals surface area contributed by atoms with Gasteiger partial charge in [-0.2, -0.15) is 8.78 Å². The van der Waals surface area contributed by atoms with E-state index < -0.39 is 23.3 Å². The monoisotopic (exact) mass is 346 g/mol. The van der Waals surface area contributed by atoms with E-state index in [-0.39, 0.29) is 13.2 Å². The number of alkyl halides is 2. The third-order valence-electron chi connectivity index (χ3n) is 2.73. The Morgan fingerprint density at radius 3 is 2.65 bits per heavy atom. The number of hydrogen-bond donors (Lipinski definition) is 1. The molecule has 2 aromatic rings. The fourth-order valence-corrected chi connectivity index (χ4v) is 2.03. The maximum absolute atomic E-state index is 13.1. The van der Waals surface area contributed by atoms with E-state index in [0.717, 1.165) is 10.8 Å². The SMILES string of the molecule is O=C(OCCOc1cccc2ccccc12)C(F)(F)SOOO. The summed E-state index contributed by atoms with van der Waals surface area (Å²) in [5.41, 5.74) is 0. The zero-order chi connectivity index (χ0) is 16.7. The number of rotatable bonds is 8. The molecule has 0 heterocycles. The molecule has 124 valence electrons. The first kappa shape index (κ1) is 17.4. The van der Waals surface area contributed by atoms with E-state index in [1.165, 1.54) is 0 Å². The maximum atomic E-state index is 13.1. The van der Waals surface area contributed by atoms with Gasteiger partial charge in [0.05, 0.1) is 0 Å². The van der Waals surface area contributed by atoms with Gasteiger partial charge >= 0.3 is 11.2 Å². The van der Waals surface area contributed by atoms with Gasteiger partial charge in [0.1, 0.15) is 31.0 Å². The van der Waals surface area contributed by atoms with Crippen LogP contribution in [0, 0.1) is 0 Å². The van der Waals surface area contributed by atoms with Crippen LogP contribution in [0.3, 0.4) is 0 Å². The van der Waals surface area contributed by atoms with Gasteiger partial charge in [-0.25, -0.2) is 10.1 Å². The van der Waals surface area contributed by atoms with Gasteiger partial charge in [0, 0.05) is 5.39 Å². The van der Waals surface area contributed by atoms with E-state index in [2.05, 4.69) is 14.1 Å². The molecular formula is C14H12F2O6S. The Labute approximate surface area is 134 Å². The van der Waals surface area contributed by atoms with E-state index in [4.69, 9.17) is 9.99 Å². The highest BCUT2D eigenvalue weighted by molar-refractivity contribution is 7.96. The minimum Gasteiger partial charge on any atom is -0.489 e. The Hall–Kier alpha value is -1.94. The second-order valence-corrected chi connectivity index (χ2v) is 5.02. The highest BCUT2D eigenvalue weighted by Crippen LogP contribution is 2.31. The first-order valence-electron chi connectivity index (χ1n) is 6.36. The van der Waals surface area contributed by atoms with Crippen molar-refractivity contribution in [3.63, 3.8) is 0 Å². The maximum Gasteiger partial charge on any atom is 0.415 e. The van der Waals surface area contributed by atoms with Crippen molar-refractivity contribution in [1.29, 1.82) is 0 Å². The molecular weight excluding hydrogens is 334 g/mol. The highest BCUT2D eigenvalue weighted by Gasteiger charge is 2.44. The molecule has 0 atom stereocenters. The summed E-state index contributed by atoms with van der Waals surface area (Å²) < 4.78 is 39.5. The fraction of sp³-hybridized carbons (Fsp3) is 0.214. The minimum atomic E-state index is -4.01. The van der Waals surface area contributed by atoms with Gasteiger partial charge in [-0.05, 0) is 11.5 Å². The average Bonchev–Trinajstić information content (AvgIpc) is 2.56. The molecule has 0 aliphatic heterocycles. The summed E-state index contributed by atoms with van der Waals surface area (Å²) >= 11 is -0.678. The zero-order valence-corrected chi connectivity index (χ0v) is 12.4. The van der Waals surface area contributed by atoms with Gasteiger partial charge < -0.3 is 9.47 Å². The predicted octanol–water partition coefficient (Wildman–Crippen LogP) is 3.42. The van der Waals surface area contributed by atoms with Crippen molar-refractivity contribution in [2.24, 2.45) is 0 Å². The zero-order valence-electron chi connectivity index (χ0n) is 11.6. The number of carbonyl (C=O) groups is 1. The van der Waals surface area contributed by atoms with Crippen LogP contribution < -0.4 is 4.74 Å². The van der Waals surface area contributed by atoms with Crippen LogP contribution in [0.4, 0.5) is 8.78 Å². The Bertz CT molecular complexity index is 661. The van der Waals surface area contributed by atoms with E-state index >= 15 is 0 Å². The molecule has 0 fully saturated rings. The molecule has 0 aromatic heterocycles. The number of halogens is 2. The first-order chi connectivity index (χ1) is 11.0. The lowest BCUT2D eigenvalue weighted by Gasteiger charge is -2.13. The lowest BCUT2D eigenvalue weighted by molar-refractivity contribution is -0.433. The molecule has 0 unspecified atom stereocenters. The number of benzene rings is 2. The number of fused-ring (bicyclic) bond motifs is 1.